The van der Waals surface area contributed by atoms with Gasteiger partial charge in [-0.25, -0.2) is 0 Å². The van der Waals surface area contributed by atoms with Gasteiger partial charge in [-0.2, -0.15) is 0 Å². The molecule has 1 aliphatic heterocycles. The minimum absolute atomic E-state index is 0.657. The van der Waals surface area contributed by atoms with Crippen molar-refractivity contribution in [3.63, 3.8) is 0 Å². The monoisotopic (exact) mass is 219 g/mol. The van der Waals surface area contributed by atoms with E-state index in [1.54, 1.807) is 0 Å². The quantitative estimate of drug-likeness (QED) is 0.829. The highest BCUT2D eigenvalue weighted by molar-refractivity contribution is 5.55. The van der Waals surface area contributed by atoms with Crippen molar-refractivity contribution >= 4 is 5.69 Å². The minimum atomic E-state index is 0.657. The average Bonchev–Trinajstić information content (AvgIpc) is 2.48. The maximum atomic E-state index is 5.66. The molecule has 0 saturated heterocycles. The van der Waals surface area contributed by atoms with Crippen molar-refractivity contribution < 1.29 is 9.47 Å². The largest absolute Gasteiger partial charge is 0.490 e. The van der Waals surface area contributed by atoms with Crippen LogP contribution in [0.25, 0.3) is 0 Å². The number of ether oxygens (including phenoxy) is 2. The normalized spacial score (nSPS) is 19.8. The minimum Gasteiger partial charge on any atom is -0.490 e. The van der Waals surface area contributed by atoms with Gasteiger partial charge in [0.05, 0.1) is 13.2 Å². The topological polar surface area (TPSA) is 30.5 Å². The van der Waals surface area contributed by atoms with E-state index in [4.69, 9.17) is 9.47 Å². The summed E-state index contributed by atoms with van der Waals surface area (Å²) in [6.45, 7) is 1.50. The third-order valence-electron chi connectivity index (χ3n) is 3.22. The van der Waals surface area contributed by atoms with Gasteiger partial charge in [0.2, 0.25) is 0 Å². The molecule has 3 heteroatoms. The van der Waals surface area contributed by atoms with Gasteiger partial charge < -0.3 is 14.8 Å². The molecule has 0 amide bonds. The molecule has 0 bridgehead atoms. The Bertz CT molecular complexity index is 374. The van der Waals surface area contributed by atoms with E-state index in [0.29, 0.717) is 6.04 Å². The van der Waals surface area contributed by atoms with Crippen molar-refractivity contribution in [2.45, 2.75) is 31.7 Å². The van der Waals surface area contributed by atoms with Gasteiger partial charge in [-0.05, 0) is 31.4 Å². The second kappa shape index (κ2) is 4.24. The molecule has 0 aromatic heterocycles. The van der Waals surface area contributed by atoms with Crippen molar-refractivity contribution in [2.24, 2.45) is 0 Å². The van der Waals surface area contributed by atoms with Crippen LogP contribution in [-0.4, -0.2) is 19.3 Å². The molecule has 3 nitrogen and oxygen atoms in total. The molecule has 1 aliphatic carbocycles. The number of hydrogen-bond donors (Lipinski definition) is 1. The van der Waals surface area contributed by atoms with E-state index in [1.165, 1.54) is 19.3 Å². The summed E-state index contributed by atoms with van der Waals surface area (Å²) in [5.41, 5.74) is 1.15. The first kappa shape index (κ1) is 9.82. The van der Waals surface area contributed by atoms with Gasteiger partial charge in [0.1, 0.15) is 0 Å². The fraction of sp³-hybridized carbons (Fsp3) is 0.538. The standard InChI is InChI=1S/C13H17NO2/c1-3-10(4-1)14-11-5-6-12-13(9-11)16-8-2-7-15-12/h5-6,9-10,14H,1-4,7-8H2. The first-order valence-electron chi connectivity index (χ1n) is 6.08. The Kier molecular flexibility index (Phi) is 2.60. The Morgan fingerprint density at radius 3 is 2.56 bits per heavy atom. The van der Waals surface area contributed by atoms with E-state index in [2.05, 4.69) is 17.4 Å². The molecule has 0 atom stereocenters. The maximum Gasteiger partial charge on any atom is 0.163 e. The van der Waals surface area contributed by atoms with E-state index >= 15 is 0 Å². The molecule has 1 saturated carbocycles. The van der Waals surface area contributed by atoms with Gasteiger partial charge in [0.25, 0.3) is 0 Å². The second-order valence-electron chi connectivity index (χ2n) is 4.48. The van der Waals surface area contributed by atoms with Crippen LogP contribution in [0.2, 0.25) is 0 Å². The van der Waals surface area contributed by atoms with Crippen molar-refractivity contribution in [3.8, 4) is 11.5 Å². The predicted octanol–water partition coefficient (Wildman–Crippen LogP) is 2.81. The zero-order chi connectivity index (χ0) is 10.8. The molecule has 1 heterocycles. The van der Waals surface area contributed by atoms with Crippen LogP contribution < -0.4 is 14.8 Å². The third-order valence-corrected chi connectivity index (χ3v) is 3.22. The first-order chi connectivity index (χ1) is 7.92. The van der Waals surface area contributed by atoms with E-state index in [0.717, 1.165) is 36.8 Å². The Hall–Kier alpha value is -1.38. The zero-order valence-corrected chi connectivity index (χ0v) is 9.37. The van der Waals surface area contributed by atoms with Gasteiger partial charge in [0, 0.05) is 24.2 Å². The number of fused-ring (bicyclic) bond motifs is 1. The summed E-state index contributed by atoms with van der Waals surface area (Å²) in [6, 6.07) is 6.79. The fourth-order valence-electron chi connectivity index (χ4n) is 2.04. The first-order valence-corrected chi connectivity index (χ1v) is 6.08. The van der Waals surface area contributed by atoms with E-state index in [-0.39, 0.29) is 0 Å². The van der Waals surface area contributed by atoms with Crippen LogP contribution in [0.15, 0.2) is 18.2 Å². The highest BCUT2D eigenvalue weighted by Gasteiger charge is 2.18. The lowest BCUT2D eigenvalue weighted by molar-refractivity contribution is 0.297. The molecular formula is C13H17NO2. The summed E-state index contributed by atoms with van der Waals surface area (Å²) >= 11 is 0. The number of anilines is 1. The molecule has 1 aromatic carbocycles. The summed E-state index contributed by atoms with van der Waals surface area (Å²) in [7, 11) is 0. The lowest BCUT2D eigenvalue weighted by Crippen LogP contribution is -2.26. The van der Waals surface area contributed by atoms with Crippen molar-refractivity contribution in [3.05, 3.63) is 18.2 Å². The Morgan fingerprint density at radius 2 is 1.81 bits per heavy atom. The van der Waals surface area contributed by atoms with Crippen LogP contribution in [0.3, 0.4) is 0 Å². The molecule has 1 fully saturated rings. The molecule has 1 aromatic rings. The second-order valence-corrected chi connectivity index (χ2v) is 4.48. The fourth-order valence-corrected chi connectivity index (χ4v) is 2.04. The van der Waals surface area contributed by atoms with Gasteiger partial charge in [-0.3, -0.25) is 0 Å². The van der Waals surface area contributed by atoms with Gasteiger partial charge >= 0.3 is 0 Å². The van der Waals surface area contributed by atoms with Gasteiger partial charge in [0.15, 0.2) is 11.5 Å². The zero-order valence-electron chi connectivity index (χ0n) is 9.37. The molecule has 1 N–H and O–H groups in total. The van der Waals surface area contributed by atoms with Crippen LogP contribution in [0.4, 0.5) is 5.69 Å². The molecule has 86 valence electrons. The molecule has 0 unspecified atom stereocenters. The van der Waals surface area contributed by atoms with Crippen LogP contribution in [0.5, 0.6) is 11.5 Å². The Balaban J connectivity index is 1.77. The Labute approximate surface area is 95.8 Å². The van der Waals surface area contributed by atoms with Gasteiger partial charge in [-0.15, -0.1) is 0 Å². The maximum absolute atomic E-state index is 5.66. The smallest absolute Gasteiger partial charge is 0.163 e. The van der Waals surface area contributed by atoms with Crippen LogP contribution in [0, 0.1) is 0 Å². The van der Waals surface area contributed by atoms with Crippen molar-refractivity contribution in [1.82, 2.24) is 0 Å². The number of nitrogens with one attached hydrogen (secondary N) is 1. The summed E-state index contributed by atoms with van der Waals surface area (Å²) in [6.07, 6.45) is 4.88. The molecule has 2 aliphatic rings. The average molecular weight is 219 g/mol. The summed E-state index contributed by atoms with van der Waals surface area (Å²) in [5.74, 6) is 1.75. The molecule has 0 radical (unpaired) electrons. The van der Waals surface area contributed by atoms with E-state index < -0.39 is 0 Å². The Morgan fingerprint density at radius 1 is 1.00 bits per heavy atom. The van der Waals surface area contributed by atoms with E-state index in [9.17, 15) is 0 Å². The number of rotatable bonds is 2. The molecule has 3 rings (SSSR count). The number of benzene rings is 1. The van der Waals surface area contributed by atoms with E-state index in [1.807, 2.05) is 6.07 Å². The lowest BCUT2D eigenvalue weighted by atomic mass is 9.93. The van der Waals surface area contributed by atoms with Crippen LogP contribution >= 0.6 is 0 Å². The van der Waals surface area contributed by atoms with Crippen LogP contribution in [0.1, 0.15) is 25.7 Å². The highest BCUT2D eigenvalue weighted by Crippen LogP contribution is 2.33. The summed E-state index contributed by atoms with van der Waals surface area (Å²) < 4.78 is 11.3. The molecule has 16 heavy (non-hydrogen) atoms. The predicted molar refractivity (Wildman–Crippen MR) is 63.3 cm³/mol. The van der Waals surface area contributed by atoms with Crippen LogP contribution in [-0.2, 0) is 0 Å². The summed E-state index contributed by atoms with van der Waals surface area (Å²) in [4.78, 5) is 0. The third kappa shape index (κ3) is 1.94. The molecular weight excluding hydrogens is 202 g/mol. The van der Waals surface area contributed by atoms with Gasteiger partial charge in [-0.1, -0.05) is 0 Å². The lowest BCUT2D eigenvalue weighted by Gasteiger charge is -2.27. The number of hydrogen-bond acceptors (Lipinski definition) is 3. The highest BCUT2D eigenvalue weighted by atomic mass is 16.5. The SMILES string of the molecule is c1cc2c(cc1NC1CCC1)OCCCO2. The summed E-state index contributed by atoms with van der Waals surface area (Å²) in [5, 5.41) is 3.51. The van der Waals surface area contributed by atoms with Crippen molar-refractivity contribution in [2.75, 3.05) is 18.5 Å². The van der Waals surface area contributed by atoms with Crippen molar-refractivity contribution in [1.29, 1.82) is 0 Å². The molecule has 0 spiro atoms.